The van der Waals surface area contributed by atoms with E-state index in [-0.39, 0.29) is 5.56 Å². The minimum absolute atomic E-state index is 0.0844. The van der Waals surface area contributed by atoms with Gasteiger partial charge in [-0.3, -0.25) is 9.20 Å². The topological polar surface area (TPSA) is 52.2 Å². The highest BCUT2D eigenvalue weighted by molar-refractivity contribution is 7.98. The minimum atomic E-state index is -0.0844. The van der Waals surface area contributed by atoms with Crippen LogP contribution in [-0.4, -0.2) is 19.2 Å². The Morgan fingerprint density at radius 3 is 2.47 bits per heavy atom. The normalized spacial score (nSPS) is 11.4. The van der Waals surface area contributed by atoms with Crippen molar-refractivity contribution < 1.29 is 0 Å². The van der Waals surface area contributed by atoms with Gasteiger partial charge in [-0.05, 0) is 48.7 Å². The number of thioether (sulfide) groups is 1. The van der Waals surface area contributed by atoms with E-state index in [1.54, 1.807) is 16.3 Å². The van der Waals surface area contributed by atoms with Gasteiger partial charge in [-0.2, -0.15) is 0 Å². The van der Waals surface area contributed by atoms with Crippen molar-refractivity contribution in [1.29, 1.82) is 0 Å². The van der Waals surface area contributed by atoms with Gasteiger partial charge in [0.25, 0.3) is 5.56 Å². The van der Waals surface area contributed by atoms with Crippen LogP contribution in [0.25, 0.3) is 22.4 Å². The van der Waals surface area contributed by atoms with Gasteiger partial charge in [0.15, 0.2) is 5.16 Å². The fourth-order valence-electron chi connectivity index (χ4n) is 3.69. The van der Waals surface area contributed by atoms with Crippen LogP contribution in [-0.2, 0) is 5.75 Å². The number of aryl methyl sites for hydroxylation is 1. The second-order valence-corrected chi connectivity index (χ2v) is 8.21. The first-order valence-electron chi connectivity index (χ1n) is 9.77. The highest BCUT2D eigenvalue weighted by atomic mass is 32.2. The maximum Gasteiger partial charge on any atom is 0.267 e. The predicted octanol–water partition coefficient (Wildman–Crippen LogP) is 4.94. The SMILES string of the molecule is Cc1cccc(-n2c(=O)c3ccccc3n3c(SCc4ccccc4)nnc23)c1C. The van der Waals surface area contributed by atoms with Gasteiger partial charge in [0.05, 0.1) is 16.6 Å². The van der Waals surface area contributed by atoms with Gasteiger partial charge in [0.2, 0.25) is 5.78 Å². The van der Waals surface area contributed by atoms with Crippen LogP contribution in [0, 0.1) is 13.8 Å². The molecule has 2 aromatic heterocycles. The molecule has 2 heterocycles. The summed E-state index contributed by atoms with van der Waals surface area (Å²) in [7, 11) is 0. The lowest BCUT2D eigenvalue weighted by Crippen LogP contribution is -2.22. The van der Waals surface area contributed by atoms with Crippen molar-refractivity contribution in [2.45, 2.75) is 24.8 Å². The summed E-state index contributed by atoms with van der Waals surface area (Å²) in [6.45, 7) is 4.08. The number of rotatable bonds is 4. The number of para-hydroxylation sites is 1. The zero-order valence-corrected chi connectivity index (χ0v) is 17.6. The summed E-state index contributed by atoms with van der Waals surface area (Å²) in [6.07, 6.45) is 0. The zero-order chi connectivity index (χ0) is 20.7. The van der Waals surface area contributed by atoms with Gasteiger partial charge < -0.3 is 0 Å². The van der Waals surface area contributed by atoms with E-state index in [9.17, 15) is 4.79 Å². The molecule has 0 amide bonds. The minimum Gasteiger partial charge on any atom is -0.268 e. The van der Waals surface area contributed by atoms with E-state index in [0.717, 1.165) is 33.2 Å². The lowest BCUT2D eigenvalue weighted by atomic mass is 10.1. The largest absolute Gasteiger partial charge is 0.268 e. The van der Waals surface area contributed by atoms with Gasteiger partial charge in [0, 0.05) is 5.75 Å². The number of benzene rings is 3. The molecule has 0 saturated heterocycles. The number of fused-ring (bicyclic) bond motifs is 3. The number of nitrogens with zero attached hydrogens (tertiary/aromatic N) is 4. The zero-order valence-electron chi connectivity index (χ0n) is 16.7. The average Bonchev–Trinajstić information content (AvgIpc) is 3.20. The molecule has 3 aromatic carbocycles. The molecule has 0 aliphatic heterocycles. The highest BCUT2D eigenvalue weighted by Gasteiger charge is 2.19. The lowest BCUT2D eigenvalue weighted by Gasteiger charge is -2.14. The van der Waals surface area contributed by atoms with E-state index >= 15 is 0 Å². The molecule has 0 atom stereocenters. The summed E-state index contributed by atoms with van der Waals surface area (Å²) in [5.74, 6) is 1.31. The molecule has 0 aliphatic carbocycles. The molecule has 6 heteroatoms. The van der Waals surface area contributed by atoms with Crippen LogP contribution in [0.2, 0.25) is 0 Å². The van der Waals surface area contributed by atoms with Gasteiger partial charge in [0.1, 0.15) is 0 Å². The Balaban J connectivity index is 1.77. The van der Waals surface area contributed by atoms with E-state index < -0.39 is 0 Å². The van der Waals surface area contributed by atoms with Gasteiger partial charge in [-0.25, -0.2) is 4.57 Å². The molecule has 0 bridgehead atoms. The monoisotopic (exact) mass is 412 g/mol. The van der Waals surface area contributed by atoms with Crippen LogP contribution >= 0.6 is 11.8 Å². The van der Waals surface area contributed by atoms with Crippen LogP contribution in [0.3, 0.4) is 0 Å². The highest BCUT2D eigenvalue weighted by Crippen LogP contribution is 2.26. The smallest absolute Gasteiger partial charge is 0.267 e. The first-order valence-corrected chi connectivity index (χ1v) is 10.8. The van der Waals surface area contributed by atoms with Gasteiger partial charge in [-0.15, -0.1) is 10.2 Å². The molecule has 30 heavy (non-hydrogen) atoms. The van der Waals surface area contributed by atoms with E-state index in [4.69, 9.17) is 0 Å². The predicted molar refractivity (Wildman–Crippen MR) is 122 cm³/mol. The summed E-state index contributed by atoms with van der Waals surface area (Å²) >= 11 is 1.62. The molecule has 0 radical (unpaired) electrons. The van der Waals surface area contributed by atoms with Crippen molar-refractivity contribution in [2.75, 3.05) is 0 Å². The Morgan fingerprint density at radius 2 is 1.63 bits per heavy atom. The molecule has 0 aliphatic rings. The molecular formula is C24H20N4OS. The number of aromatic nitrogens is 4. The molecule has 5 nitrogen and oxygen atoms in total. The first-order chi connectivity index (χ1) is 14.6. The number of hydrogen-bond donors (Lipinski definition) is 0. The van der Waals surface area contributed by atoms with Gasteiger partial charge >= 0.3 is 0 Å². The summed E-state index contributed by atoms with van der Waals surface area (Å²) in [4.78, 5) is 13.5. The molecular weight excluding hydrogens is 392 g/mol. The second kappa shape index (κ2) is 7.46. The summed E-state index contributed by atoms with van der Waals surface area (Å²) in [5, 5.41) is 10.3. The second-order valence-electron chi connectivity index (χ2n) is 7.27. The molecule has 0 N–H and O–H groups in total. The lowest BCUT2D eigenvalue weighted by molar-refractivity contribution is 0.927. The Hall–Kier alpha value is -3.38. The number of hydrogen-bond acceptors (Lipinski definition) is 4. The summed E-state index contributed by atoms with van der Waals surface area (Å²) < 4.78 is 3.68. The van der Waals surface area contributed by atoms with Crippen molar-refractivity contribution in [3.05, 3.63) is 99.8 Å². The Kier molecular flexibility index (Phi) is 4.64. The van der Waals surface area contributed by atoms with Crippen LogP contribution in [0.1, 0.15) is 16.7 Å². The van der Waals surface area contributed by atoms with Crippen LogP contribution < -0.4 is 5.56 Å². The van der Waals surface area contributed by atoms with Crippen LogP contribution in [0.5, 0.6) is 0 Å². The fraction of sp³-hybridized carbons (Fsp3) is 0.125. The maximum absolute atomic E-state index is 13.5. The Morgan fingerprint density at radius 1 is 0.867 bits per heavy atom. The molecule has 0 saturated carbocycles. The molecule has 5 aromatic rings. The van der Waals surface area contributed by atoms with Crippen molar-refractivity contribution in [3.8, 4) is 5.69 Å². The standard InChI is InChI=1S/C24H20N4OS/c1-16-9-8-14-20(17(16)2)27-22(29)19-12-6-7-13-21(19)28-23(27)25-26-24(28)30-15-18-10-4-3-5-11-18/h3-14H,15H2,1-2H3. The van der Waals surface area contributed by atoms with E-state index in [2.05, 4.69) is 22.3 Å². The Bertz CT molecular complexity index is 1440. The van der Waals surface area contributed by atoms with Crippen molar-refractivity contribution in [3.63, 3.8) is 0 Å². The third-order valence-electron chi connectivity index (χ3n) is 5.42. The van der Waals surface area contributed by atoms with Crippen LogP contribution in [0.15, 0.2) is 82.7 Å². The average molecular weight is 413 g/mol. The third kappa shape index (κ3) is 3.00. The molecule has 148 valence electrons. The maximum atomic E-state index is 13.5. The van der Waals surface area contributed by atoms with Crippen molar-refractivity contribution in [2.24, 2.45) is 0 Å². The molecule has 5 rings (SSSR count). The van der Waals surface area contributed by atoms with Crippen molar-refractivity contribution in [1.82, 2.24) is 19.2 Å². The molecule has 0 unspecified atom stereocenters. The van der Waals surface area contributed by atoms with E-state index in [1.807, 2.05) is 78.9 Å². The summed E-state index contributed by atoms with van der Waals surface area (Å²) in [6, 6.07) is 23.9. The summed E-state index contributed by atoms with van der Waals surface area (Å²) in [5.41, 5.74) is 4.97. The first kappa shape index (κ1) is 18.6. The van der Waals surface area contributed by atoms with Gasteiger partial charge in [-0.1, -0.05) is 66.4 Å². The fourth-order valence-corrected chi connectivity index (χ4v) is 4.59. The van der Waals surface area contributed by atoms with E-state index in [1.165, 1.54) is 5.56 Å². The van der Waals surface area contributed by atoms with Crippen molar-refractivity contribution >= 4 is 28.4 Å². The molecule has 0 fully saturated rings. The Labute approximate surface area is 178 Å². The van der Waals surface area contributed by atoms with Crippen LogP contribution in [0.4, 0.5) is 0 Å². The van der Waals surface area contributed by atoms with E-state index in [0.29, 0.717) is 11.2 Å². The quantitative estimate of drug-likeness (QED) is 0.392. The third-order valence-corrected chi connectivity index (χ3v) is 6.42. The molecule has 0 spiro atoms.